The minimum atomic E-state index is -0.539. The molecular formula is C8H18N2O2. The van der Waals surface area contributed by atoms with Gasteiger partial charge in [-0.05, 0) is 13.8 Å². The second kappa shape index (κ2) is 5.11. The van der Waals surface area contributed by atoms with Crippen LogP contribution in [0.4, 0.5) is 0 Å². The van der Waals surface area contributed by atoms with Gasteiger partial charge in [0.15, 0.2) is 0 Å². The molecule has 4 heteroatoms. The van der Waals surface area contributed by atoms with Crippen molar-refractivity contribution >= 4 is 5.91 Å². The average molecular weight is 174 g/mol. The monoisotopic (exact) mass is 174 g/mol. The van der Waals surface area contributed by atoms with E-state index in [2.05, 4.69) is 0 Å². The van der Waals surface area contributed by atoms with Crippen LogP contribution in [0.25, 0.3) is 0 Å². The van der Waals surface area contributed by atoms with E-state index in [1.807, 2.05) is 13.8 Å². The van der Waals surface area contributed by atoms with Gasteiger partial charge in [-0.15, -0.1) is 0 Å². The molecule has 0 radical (unpaired) electrons. The van der Waals surface area contributed by atoms with Gasteiger partial charge in [-0.1, -0.05) is 0 Å². The van der Waals surface area contributed by atoms with Crippen molar-refractivity contribution in [2.45, 2.75) is 26.0 Å². The zero-order valence-electron chi connectivity index (χ0n) is 8.20. The van der Waals surface area contributed by atoms with Gasteiger partial charge >= 0.3 is 0 Å². The van der Waals surface area contributed by atoms with Crippen molar-refractivity contribution in [3.8, 4) is 0 Å². The largest absolute Gasteiger partial charge is 0.377 e. The van der Waals surface area contributed by atoms with E-state index in [0.29, 0.717) is 0 Å². The summed E-state index contributed by atoms with van der Waals surface area (Å²) in [5, 5.41) is 0. The van der Waals surface area contributed by atoms with E-state index >= 15 is 0 Å². The Morgan fingerprint density at radius 2 is 2.00 bits per heavy atom. The van der Waals surface area contributed by atoms with Crippen molar-refractivity contribution in [1.82, 2.24) is 4.90 Å². The second-order valence-electron chi connectivity index (χ2n) is 3.22. The lowest BCUT2D eigenvalue weighted by Gasteiger charge is -2.17. The van der Waals surface area contributed by atoms with Crippen molar-refractivity contribution in [3.05, 3.63) is 0 Å². The molecule has 0 aromatic heterocycles. The van der Waals surface area contributed by atoms with Gasteiger partial charge in [-0.2, -0.15) is 0 Å². The third kappa shape index (κ3) is 4.31. The normalized spacial score (nSPS) is 13.2. The van der Waals surface area contributed by atoms with Crippen molar-refractivity contribution in [2.24, 2.45) is 5.73 Å². The Morgan fingerprint density at radius 3 is 2.33 bits per heavy atom. The highest BCUT2D eigenvalue weighted by atomic mass is 16.5. The van der Waals surface area contributed by atoms with Gasteiger partial charge in [-0.3, -0.25) is 4.79 Å². The van der Waals surface area contributed by atoms with Crippen LogP contribution in [0.5, 0.6) is 0 Å². The van der Waals surface area contributed by atoms with Gasteiger partial charge < -0.3 is 15.4 Å². The minimum Gasteiger partial charge on any atom is -0.377 e. The highest BCUT2D eigenvalue weighted by molar-refractivity contribution is 5.81. The highest BCUT2D eigenvalue weighted by Crippen LogP contribution is 1.92. The molecular weight excluding hydrogens is 156 g/mol. The summed E-state index contributed by atoms with van der Waals surface area (Å²) in [6.07, 6.45) is 0.117. The molecule has 0 spiro atoms. The van der Waals surface area contributed by atoms with Crippen LogP contribution in [-0.2, 0) is 9.53 Å². The number of nitrogens with two attached hydrogens (primary N) is 1. The molecule has 0 aliphatic carbocycles. The molecule has 1 amide bonds. The predicted molar refractivity (Wildman–Crippen MR) is 47.8 cm³/mol. The van der Waals surface area contributed by atoms with Gasteiger partial charge in [0.1, 0.15) is 6.04 Å². The summed E-state index contributed by atoms with van der Waals surface area (Å²) in [5.41, 5.74) is 5.55. The Labute approximate surface area is 73.7 Å². The van der Waals surface area contributed by atoms with Gasteiger partial charge in [0.05, 0.1) is 12.7 Å². The Balaban J connectivity index is 3.72. The first-order chi connectivity index (χ1) is 5.45. The minimum absolute atomic E-state index is 0.101. The molecule has 0 fully saturated rings. The van der Waals surface area contributed by atoms with E-state index in [1.54, 1.807) is 14.1 Å². The maximum Gasteiger partial charge on any atom is 0.241 e. The fourth-order valence-electron chi connectivity index (χ4n) is 0.699. The first kappa shape index (κ1) is 11.4. The van der Waals surface area contributed by atoms with E-state index in [9.17, 15) is 4.79 Å². The van der Waals surface area contributed by atoms with Crippen LogP contribution in [0.2, 0.25) is 0 Å². The van der Waals surface area contributed by atoms with Gasteiger partial charge in [0.2, 0.25) is 5.91 Å². The van der Waals surface area contributed by atoms with Crippen LogP contribution < -0.4 is 5.73 Å². The molecule has 0 saturated heterocycles. The molecule has 0 aromatic rings. The molecule has 0 bridgehead atoms. The van der Waals surface area contributed by atoms with Crippen LogP contribution in [-0.4, -0.2) is 43.7 Å². The molecule has 2 N–H and O–H groups in total. The van der Waals surface area contributed by atoms with Gasteiger partial charge in [0, 0.05) is 14.1 Å². The maximum atomic E-state index is 11.2. The van der Waals surface area contributed by atoms with Crippen molar-refractivity contribution in [2.75, 3.05) is 20.7 Å². The lowest BCUT2D eigenvalue weighted by molar-refractivity contribution is -0.131. The third-order valence-corrected chi connectivity index (χ3v) is 1.37. The van der Waals surface area contributed by atoms with E-state index < -0.39 is 6.04 Å². The number of carbonyl (C=O) groups excluding carboxylic acids is 1. The zero-order chi connectivity index (χ0) is 9.72. The number of carbonyl (C=O) groups is 1. The summed E-state index contributed by atoms with van der Waals surface area (Å²) in [7, 11) is 3.36. The lowest BCUT2D eigenvalue weighted by Crippen LogP contribution is -2.43. The molecule has 4 nitrogen and oxygen atoms in total. The van der Waals surface area contributed by atoms with E-state index in [1.165, 1.54) is 4.90 Å². The number of likely N-dealkylation sites (N-methyl/N-ethyl adjacent to an activating group) is 1. The topological polar surface area (TPSA) is 55.6 Å². The molecule has 72 valence electrons. The van der Waals surface area contributed by atoms with Crippen LogP contribution >= 0.6 is 0 Å². The quantitative estimate of drug-likeness (QED) is 0.643. The first-order valence-electron chi connectivity index (χ1n) is 4.03. The van der Waals surface area contributed by atoms with Crippen LogP contribution in [0.1, 0.15) is 13.8 Å². The molecule has 12 heavy (non-hydrogen) atoms. The SMILES string of the molecule is CC(C)OC[C@H](N)C(=O)N(C)C. The fourth-order valence-corrected chi connectivity index (χ4v) is 0.699. The Kier molecular flexibility index (Phi) is 4.85. The maximum absolute atomic E-state index is 11.2. The number of rotatable bonds is 4. The third-order valence-electron chi connectivity index (χ3n) is 1.37. The van der Waals surface area contributed by atoms with Crippen molar-refractivity contribution < 1.29 is 9.53 Å². The van der Waals surface area contributed by atoms with Crippen molar-refractivity contribution in [3.63, 3.8) is 0 Å². The second-order valence-corrected chi connectivity index (χ2v) is 3.22. The summed E-state index contributed by atoms with van der Waals surface area (Å²) in [4.78, 5) is 12.6. The summed E-state index contributed by atoms with van der Waals surface area (Å²) in [5.74, 6) is -0.101. The number of hydrogen-bond donors (Lipinski definition) is 1. The lowest BCUT2D eigenvalue weighted by atomic mass is 10.3. The summed E-state index contributed by atoms with van der Waals surface area (Å²) >= 11 is 0. The van der Waals surface area contributed by atoms with Crippen LogP contribution in [0, 0.1) is 0 Å². The van der Waals surface area contributed by atoms with E-state index in [0.717, 1.165) is 0 Å². The first-order valence-corrected chi connectivity index (χ1v) is 4.03. The molecule has 0 aromatic carbocycles. The summed E-state index contributed by atoms with van der Waals surface area (Å²) in [6, 6.07) is -0.539. The number of hydrogen-bond acceptors (Lipinski definition) is 3. The van der Waals surface area contributed by atoms with E-state index in [4.69, 9.17) is 10.5 Å². The fraction of sp³-hybridized carbons (Fsp3) is 0.875. The van der Waals surface area contributed by atoms with Crippen molar-refractivity contribution in [1.29, 1.82) is 0 Å². The van der Waals surface area contributed by atoms with Crippen LogP contribution in [0.3, 0.4) is 0 Å². The molecule has 0 heterocycles. The van der Waals surface area contributed by atoms with E-state index in [-0.39, 0.29) is 18.6 Å². The molecule has 0 aliphatic heterocycles. The highest BCUT2D eigenvalue weighted by Gasteiger charge is 2.15. The number of nitrogens with zero attached hydrogens (tertiary/aromatic N) is 1. The Morgan fingerprint density at radius 1 is 1.50 bits per heavy atom. The van der Waals surface area contributed by atoms with Gasteiger partial charge in [-0.25, -0.2) is 0 Å². The molecule has 0 rings (SSSR count). The Bertz CT molecular complexity index is 146. The van der Waals surface area contributed by atoms with Gasteiger partial charge in [0.25, 0.3) is 0 Å². The predicted octanol–water partition coefficient (Wildman–Crippen LogP) is -0.173. The molecule has 0 aliphatic rings. The number of amides is 1. The summed E-state index contributed by atoms with van der Waals surface area (Å²) in [6.45, 7) is 4.11. The molecule has 1 atom stereocenters. The molecule has 0 unspecified atom stereocenters. The summed E-state index contributed by atoms with van der Waals surface area (Å²) < 4.78 is 5.20. The smallest absolute Gasteiger partial charge is 0.241 e. The Hall–Kier alpha value is -0.610. The zero-order valence-corrected chi connectivity index (χ0v) is 8.20. The van der Waals surface area contributed by atoms with Crippen LogP contribution in [0.15, 0.2) is 0 Å². The average Bonchev–Trinajstić information content (AvgIpc) is 1.98. The standard InChI is InChI=1S/C8H18N2O2/c1-6(2)12-5-7(9)8(11)10(3)4/h6-7H,5,9H2,1-4H3/t7-/m0/s1. The molecule has 0 saturated carbocycles. The number of ether oxygens (including phenoxy) is 1.